The van der Waals surface area contributed by atoms with Crippen molar-refractivity contribution < 1.29 is 4.42 Å². The lowest BCUT2D eigenvalue weighted by atomic mass is 9.82. The molecule has 3 aromatic heterocycles. The Kier molecular flexibility index (Phi) is 5.70. The van der Waals surface area contributed by atoms with Crippen molar-refractivity contribution in [3.8, 4) is 39.3 Å². The molecule has 1 aliphatic rings. The number of fused-ring (bicyclic) bond motifs is 11. The maximum absolute atomic E-state index is 6.33. The second-order valence-corrected chi connectivity index (χ2v) is 14.2. The number of rotatable bonds is 3. The van der Waals surface area contributed by atoms with E-state index < -0.39 is 0 Å². The molecule has 3 heterocycles. The molecule has 0 fully saturated rings. The first-order chi connectivity index (χ1) is 25.0. The van der Waals surface area contributed by atoms with E-state index in [4.69, 9.17) is 14.4 Å². The van der Waals surface area contributed by atoms with Gasteiger partial charge in [0.05, 0.1) is 33.5 Å². The fraction of sp³-hybridized carbons (Fsp3) is 0.0638. The number of nitrogens with zero attached hydrogens (tertiary/aromatic N) is 3. The zero-order valence-electron chi connectivity index (χ0n) is 28.2. The van der Waals surface area contributed by atoms with Crippen LogP contribution in [-0.4, -0.2) is 14.5 Å². The molecule has 0 radical (unpaired) electrons. The molecule has 0 amide bonds. The largest absolute Gasteiger partial charge is 0.456 e. The minimum atomic E-state index is -0.0622. The molecule has 10 aromatic rings. The average Bonchev–Trinajstić information content (AvgIpc) is 3.80. The standard InChI is InChI=1S/C47H31N3O/c1-47(2)35-17-6-3-14-31(35)34-27-29(22-23-36(34)47)46-45(48-37-18-7-8-19-38(37)49-46)28-12-11-13-30(26-28)50-39-20-9-4-15-32(39)43-40(50)24-25-42-44(43)33-16-5-10-21-41(33)51-42/h3-27H,1-2H3. The summed E-state index contributed by atoms with van der Waals surface area (Å²) in [7, 11) is 0. The second kappa shape index (κ2) is 10.3. The van der Waals surface area contributed by atoms with Crippen molar-refractivity contribution in [3.63, 3.8) is 0 Å². The summed E-state index contributed by atoms with van der Waals surface area (Å²) in [6, 6.07) is 53.8. The van der Waals surface area contributed by atoms with Crippen molar-refractivity contribution in [2.75, 3.05) is 0 Å². The van der Waals surface area contributed by atoms with Gasteiger partial charge in [-0.2, -0.15) is 0 Å². The molecule has 7 aromatic carbocycles. The van der Waals surface area contributed by atoms with Gasteiger partial charge in [-0.05, 0) is 76.9 Å². The van der Waals surface area contributed by atoms with E-state index in [0.29, 0.717) is 0 Å². The zero-order valence-corrected chi connectivity index (χ0v) is 28.2. The van der Waals surface area contributed by atoms with E-state index >= 15 is 0 Å². The predicted molar refractivity (Wildman–Crippen MR) is 210 cm³/mol. The number of hydrogen-bond donors (Lipinski definition) is 0. The van der Waals surface area contributed by atoms with Crippen LogP contribution in [-0.2, 0) is 5.41 Å². The van der Waals surface area contributed by atoms with Gasteiger partial charge in [-0.1, -0.05) is 111 Å². The summed E-state index contributed by atoms with van der Waals surface area (Å²) in [6.07, 6.45) is 0. The van der Waals surface area contributed by atoms with Gasteiger partial charge in [0.15, 0.2) is 0 Å². The molecule has 4 heteroatoms. The van der Waals surface area contributed by atoms with E-state index in [1.54, 1.807) is 0 Å². The Labute approximate surface area is 294 Å². The van der Waals surface area contributed by atoms with Crippen LogP contribution < -0.4 is 0 Å². The minimum absolute atomic E-state index is 0.0622. The molecular weight excluding hydrogens is 623 g/mol. The lowest BCUT2D eigenvalue weighted by molar-refractivity contribution is 0.660. The summed E-state index contributed by atoms with van der Waals surface area (Å²) in [6.45, 7) is 4.64. The molecule has 51 heavy (non-hydrogen) atoms. The van der Waals surface area contributed by atoms with Gasteiger partial charge in [-0.15, -0.1) is 0 Å². The van der Waals surface area contributed by atoms with Crippen LogP contribution in [0, 0.1) is 0 Å². The van der Waals surface area contributed by atoms with Crippen LogP contribution in [0.25, 0.3) is 94.1 Å². The average molecular weight is 654 g/mol. The summed E-state index contributed by atoms with van der Waals surface area (Å²) < 4.78 is 8.70. The van der Waals surface area contributed by atoms with Crippen LogP contribution in [0.4, 0.5) is 0 Å². The maximum Gasteiger partial charge on any atom is 0.136 e. The van der Waals surface area contributed by atoms with Gasteiger partial charge in [0.1, 0.15) is 11.2 Å². The summed E-state index contributed by atoms with van der Waals surface area (Å²) in [4.78, 5) is 10.6. The third-order valence-corrected chi connectivity index (χ3v) is 11.0. The number of para-hydroxylation sites is 4. The molecule has 0 saturated carbocycles. The SMILES string of the molecule is CC1(C)c2ccccc2-c2cc(-c3nc4ccccc4nc3-c3cccc(-n4c5ccccc5c5c6c(ccc54)oc4ccccc46)c3)ccc21. The highest BCUT2D eigenvalue weighted by Crippen LogP contribution is 2.50. The third kappa shape index (κ3) is 3.96. The fourth-order valence-electron chi connectivity index (χ4n) is 8.61. The highest BCUT2D eigenvalue weighted by molar-refractivity contribution is 6.27. The Bertz CT molecular complexity index is 3070. The van der Waals surface area contributed by atoms with Gasteiger partial charge in [-0.3, -0.25) is 0 Å². The normalized spacial score (nSPS) is 13.5. The molecule has 240 valence electrons. The Balaban J connectivity index is 1.15. The van der Waals surface area contributed by atoms with Crippen LogP contribution in [0.3, 0.4) is 0 Å². The number of aromatic nitrogens is 3. The molecule has 0 aliphatic heterocycles. The summed E-state index contributed by atoms with van der Waals surface area (Å²) in [5.74, 6) is 0. The highest BCUT2D eigenvalue weighted by atomic mass is 16.3. The first-order valence-electron chi connectivity index (χ1n) is 17.5. The van der Waals surface area contributed by atoms with Gasteiger partial charge < -0.3 is 8.98 Å². The molecule has 4 nitrogen and oxygen atoms in total. The summed E-state index contributed by atoms with van der Waals surface area (Å²) >= 11 is 0. The first kappa shape index (κ1) is 28.3. The molecule has 0 bridgehead atoms. The Morgan fingerprint density at radius 3 is 2.02 bits per heavy atom. The van der Waals surface area contributed by atoms with E-state index in [1.807, 2.05) is 30.3 Å². The monoisotopic (exact) mass is 653 g/mol. The van der Waals surface area contributed by atoms with Crippen LogP contribution >= 0.6 is 0 Å². The van der Waals surface area contributed by atoms with Crippen LogP contribution in [0.1, 0.15) is 25.0 Å². The van der Waals surface area contributed by atoms with E-state index in [2.05, 4.69) is 140 Å². The molecule has 11 rings (SSSR count). The van der Waals surface area contributed by atoms with E-state index in [-0.39, 0.29) is 5.41 Å². The van der Waals surface area contributed by atoms with Gasteiger partial charge in [-0.25, -0.2) is 9.97 Å². The van der Waals surface area contributed by atoms with Crippen LogP contribution in [0.15, 0.2) is 156 Å². The highest BCUT2D eigenvalue weighted by Gasteiger charge is 2.35. The Hall–Kier alpha value is -6.52. The van der Waals surface area contributed by atoms with Crippen molar-refractivity contribution in [3.05, 3.63) is 163 Å². The molecule has 0 N–H and O–H groups in total. The zero-order chi connectivity index (χ0) is 33.8. The molecule has 0 saturated heterocycles. The quantitative estimate of drug-likeness (QED) is 0.191. The Morgan fingerprint density at radius 1 is 0.490 bits per heavy atom. The summed E-state index contributed by atoms with van der Waals surface area (Å²) in [5, 5.41) is 4.68. The van der Waals surface area contributed by atoms with Crippen molar-refractivity contribution in [2.45, 2.75) is 19.3 Å². The molecule has 0 spiro atoms. The topological polar surface area (TPSA) is 43.9 Å². The van der Waals surface area contributed by atoms with E-state index in [0.717, 1.165) is 72.2 Å². The minimum Gasteiger partial charge on any atom is -0.456 e. The number of benzene rings is 7. The van der Waals surface area contributed by atoms with Crippen molar-refractivity contribution in [1.29, 1.82) is 0 Å². The van der Waals surface area contributed by atoms with Crippen LogP contribution in [0.5, 0.6) is 0 Å². The second-order valence-electron chi connectivity index (χ2n) is 14.2. The smallest absolute Gasteiger partial charge is 0.136 e. The third-order valence-electron chi connectivity index (χ3n) is 11.0. The number of furan rings is 1. The lowest BCUT2D eigenvalue weighted by Gasteiger charge is -2.21. The predicted octanol–water partition coefficient (Wildman–Crippen LogP) is 12.3. The molecule has 0 unspecified atom stereocenters. The summed E-state index contributed by atoms with van der Waals surface area (Å²) in [5.41, 5.74) is 15.9. The van der Waals surface area contributed by atoms with Crippen LogP contribution in [0.2, 0.25) is 0 Å². The molecule has 0 atom stereocenters. The van der Waals surface area contributed by atoms with Crippen molar-refractivity contribution >= 4 is 54.8 Å². The van der Waals surface area contributed by atoms with E-state index in [9.17, 15) is 0 Å². The van der Waals surface area contributed by atoms with E-state index in [1.165, 1.54) is 33.0 Å². The van der Waals surface area contributed by atoms with Gasteiger partial charge in [0.25, 0.3) is 0 Å². The van der Waals surface area contributed by atoms with Gasteiger partial charge >= 0.3 is 0 Å². The Morgan fingerprint density at radius 2 is 1.18 bits per heavy atom. The maximum atomic E-state index is 6.33. The van der Waals surface area contributed by atoms with Crippen molar-refractivity contribution in [1.82, 2.24) is 14.5 Å². The van der Waals surface area contributed by atoms with Crippen molar-refractivity contribution in [2.24, 2.45) is 0 Å². The van der Waals surface area contributed by atoms with Gasteiger partial charge in [0, 0.05) is 43.8 Å². The lowest BCUT2D eigenvalue weighted by Crippen LogP contribution is -2.14. The first-order valence-corrected chi connectivity index (χ1v) is 17.5. The number of hydrogen-bond acceptors (Lipinski definition) is 3. The molecular formula is C47H31N3O. The fourth-order valence-corrected chi connectivity index (χ4v) is 8.61. The molecule has 1 aliphatic carbocycles. The van der Waals surface area contributed by atoms with Gasteiger partial charge in [0.2, 0.25) is 0 Å².